The van der Waals surface area contributed by atoms with Crippen LogP contribution in [-0.4, -0.2) is 45.9 Å². The van der Waals surface area contributed by atoms with Crippen LogP contribution in [0.15, 0.2) is 48.9 Å². The SMILES string of the molecule is Cc1cc(-c2cnn3cc(N4CCOCC4)cnc23)c2ccccc2n1. The minimum atomic E-state index is 0.755. The Hall–Kier alpha value is -2.99. The molecule has 4 aromatic rings. The van der Waals surface area contributed by atoms with Crippen molar-refractivity contribution >= 4 is 22.2 Å². The summed E-state index contributed by atoms with van der Waals surface area (Å²) in [6, 6.07) is 10.3. The molecule has 0 N–H and O–H groups in total. The van der Waals surface area contributed by atoms with E-state index in [9.17, 15) is 0 Å². The summed E-state index contributed by atoms with van der Waals surface area (Å²) in [5, 5.41) is 5.68. The number of aromatic nitrogens is 4. The Kier molecular flexibility index (Phi) is 3.57. The number of rotatable bonds is 2. The zero-order chi connectivity index (χ0) is 17.5. The van der Waals surface area contributed by atoms with Crippen LogP contribution in [0.25, 0.3) is 27.7 Å². The lowest BCUT2D eigenvalue weighted by atomic mass is 10.0. The highest BCUT2D eigenvalue weighted by atomic mass is 16.5. The van der Waals surface area contributed by atoms with E-state index in [4.69, 9.17) is 9.72 Å². The van der Waals surface area contributed by atoms with Gasteiger partial charge in [0, 0.05) is 29.7 Å². The number of anilines is 1. The second-order valence-corrected chi connectivity index (χ2v) is 6.57. The van der Waals surface area contributed by atoms with E-state index < -0.39 is 0 Å². The maximum atomic E-state index is 5.43. The fraction of sp³-hybridized carbons (Fsp3) is 0.250. The minimum absolute atomic E-state index is 0.755. The van der Waals surface area contributed by atoms with Gasteiger partial charge in [0.25, 0.3) is 0 Å². The van der Waals surface area contributed by atoms with E-state index in [0.29, 0.717) is 0 Å². The molecule has 4 heterocycles. The molecule has 130 valence electrons. The van der Waals surface area contributed by atoms with Crippen LogP contribution in [0.4, 0.5) is 5.69 Å². The molecule has 1 aromatic carbocycles. The molecular weight excluding hydrogens is 326 g/mol. The van der Waals surface area contributed by atoms with Gasteiger partial charge in [-0.2, -0.15) is 5.10 Å². The summed E-state index contributed by atoms with van der Waals surface area (Å²) in [6.07, 6.45) is 5.88. The van der Waals surface area contributed by atoms with Gasteiger partial charge in [-0.3, -0.25) is 4.98 Å². The summed E-state index contributed by atoms with van der Waals surface area (Å²) in [4.78, 5) is 11.6. The van der Waals surface area contributed by atoms with Gasteiger partial charge in [-0.1, -0.05) is 18.2 Å². The van der Waals surface area contributed by atoms with E-state index in [0.717, 1.165) is 65.4 Å². The van der Waals surface area contributed by atoms with Crippen molar-refractivity contribution in [2.75, 3.05) is 31.2 Å². The average molecular weight is 345 g/mol. The highest BCUT2D eigenvalue weighted by Crippen LogP contribution is 2.31. The maximum absolute atomic E-state index is 5.43. The minimum Gasteiger partial charge on any atom is -0.378 e. The number of hydrogen-bond donors (Lipinski definition) is 0. The molecule has 0 atom stereocenters. The van der Waals surface area contributed by atoms with Gasteiger partial charge >= 0.3 is 0 Å². The number of hydrogen-bond acceptors (Lipinski definition) is 5. The molecule has 26 heavy (non-hydrogen) atoms. The van der Waals surface area contributed by atoms with E-state index in [1.807, 2.05) is 48.2 Å². The van der Waals surface area contributed by atoms with E-state index in [1.54, 1.807) is 0 Å². The van der Waals surface area contributed by atoms with Gasteiger partial charge in [-0.05, 0) is 24.6 Å². The predicted molar refractivity (Wildman–Crippen MR) is 101 cm³/mol. The molecule has 1 aliphatic heterocycles. The van der Waals surface area contributed by atoms with Gasteiger partial charge in [0.2, 0.25) is 0 Å². The van der Waals surface area contributed by atoms with Crippen LogP contribution < -0.4 is 4.90 Å². The molecular formula is C20H19N5O. The molecule has 0 bridgehead atoms. The van der Waals surface area contributed by atoms with E-state index in [-0.39, 0.29) is 0 Å². The van der Waals surface area contributed by atoms with Gasteiger partial charge in [0.15, 0.2) is 5.65 Å². The number of nitrogens with zero attached hydrogens (tertiary/aromatic N) is 5. The molecule has 1 saturated heterocycles. The zero-order valence-corrected chi connectivity index (χ0v) is 14.6. The van der Waals surface area contributed by atoms with Crippen LogP contribution in [-0.2, 0) is 4.74 Å². The third-order valence-corrected chi connectivity index (χ3v) is 4.85. The first-order chi connectivity index (χ1) is 12.8. The molecule has 0 aliphatic carbocycles. The Balaban J connectivity index is 1.64. The molecule has 6 nitrogen and oxygen atoms in total. The Morgan fingerprint density at radius 3 is 2.77 bits per heavy atom. The third-order valence-electron chi connectivity index (χ3n) is 4.85. The van der Waals surface area contributed by atoms with E-state index in [2.05, 4.69) is 27.1 Å². The number of pyridine rings is 1. The standard InChI is InChI=1S/C20H19N5O/c1-14-10-17(16-4-2-3-5-19(16)23-14)18-12-22-25-13-15(11-21-20(18)25)24-6-8-26-9-7-24/h2-5,10-13H,6-9H2,1H3. The van der Waals surface area contributed by atoms with Crippen molar-refractivity contribution in [3.8, 4) is 11.1 Å². The number of ether oxygens (including phenoxy) is 1. The van der Waals surface area contributed by atoms with Crippen molar-refractivity contribution in [1.29, 1.82) is 0 Å². The largest absolute Gasteiger partial charge is 0.378 e. The fourth-order valence-corrected chi connectivity index (χ4v) is 3.57. The summed E-state index contributed by atoms with van der Waals surface area (Å²) in [7, 11) is 0. The lowest BCUT2D eigenvalue weighted by molar-refractivity contribution is 0.122. The van der Waals surface area contributed by atoms with Crippen molar-refractivity contribution in [2.24, 2.45) is 0 Å². The van der Waals surface area contributed by atoms with Crippen molar-refractivity contribution in [3.05, 3.63) is 54.6 Å². The quantitative estimate of drug-likeness (QED) is 0.559. The predicted octanol–water partition coefficient (Wildman–Crippen LogP) is 3.09. The molecule has 1 aliphatic rings. The highest BCUT2D eigenvalue weighted by Gasteiger charge is 2.16. The molecule has 0 radical (unpaired) electrons. The summed E-state index contributed by atoms with van der Waals surface area (Å²) in [5.41, 5.74) is 6.06. The Morgan fingerprint density at radius 1 is 1.04 bits per heavy atom. The monoisotopic (exact) mass is 345 g/mol. The summed E-state index contributed by atoms with van der Waals surface area (Å²) < 4.78 is 7.30. The first kappa shape index (κ1) is 15.3. The molecule has 0 spiro atoms. The molecule has 5 rings (SSSR count). The van der Waals surface area contributed by atoms with Gasteiger partial charge in [0.1, 0.15) is 0 Å². The lowest BCUT2D eigenvalue weighted by Gasteiger charge is -2.28. The van der Waals surface area contributed by atoms with Gasteiger partial charge in [-0.25, -0.2) is 9.50 Å². The topological polar surface area (TPSA) is 55.5 Å². The molecule has 1 fully saturated rings. The number of benzene rings is 1. The maximum Gasteiger partial charge on any atom is 0.162 e. The number of aryl methyl sites for hydroxylation is 1. The number of morpholine rings is 1. The van der Waals surface area contributed by atoms with Crippen LogP contribution in [0.2, 0.25) is 0 Å². The normalized spacial score (nSPS) is 15.0. The van der Waals surface area contributed by atoms with Gasteiger partial charge in [-0.15, -0.1) is 0 Å². The molecule has 3 aromatic heterocycles. The average Bonchev–Trinajstić information content (AvgIpc) is 3.11. The van der Waals surface area contributed by atoms with Crippen LogP contribution in [0.1, 0.15) is 5.69 Å². The van der Waals surface area contributed by atoms with Crippen molar-refractivity contribution in [3.63, 3.8) is 0 Å². The summed E-state index contributed by atoms with van der Waals surface area (Å²) in [5.74, 6) is 0. The van der Waals surface area contributed by atoms with E-state index >= 15 is 0 Å². The molecule has 0 amide bonds. The lowest BCUT2D eigenvalue weighted by Crippen LogP contribution is -2.36. The second kappa shape index (κ2) is 6.07. The van der Waals surface area contributed by atoms with Crippen molar-refractivity contribution < 1.29 is 4.74 Å². The molecule has 6 heteroatoms. The Morgan fingerprint density at radius 2 is 1.88 bits per heavy atom. The Bertz CT molecular complexity index is 1100. The number of fused-ring (bicyclic) bond motifs is 2. The van der Waals surface area contributed by atoms with E-state index in [1.165, 1.54) is 0 Å². The van der Waals surface area contributed by atoms with Crippen LogP contribution in [0, 0.1) is 6.92 Å². The third kappa shape index (κ3) is 2.50. The van der Waals surface area contributed by atoms with Gasteiger partial charge in [0.05, 0.1) is 43.0 Å². The van der Waals surface area contributed by atoms with Crippen LogP contribution >= 0.6 is 0 Å². The van der Waals surface area contributed by atoms with Crippen molar-refractivity contribution in [2.45, 2.75) is 6.92 Å². The van der Waals surface area contributed by atoms with Crippen LogP contribution in [0.5, 0.6) is 0 Å². The first-order valence-electron chi connectivity index (χ1n) is 8.82. The fourth-order valence-electron chi connectivity index (χ4n) is 3.57. The van der Waals surface area contributed by atoms with Crippen LogP contribution in [0.3, 0.4) is 0 Å². The van der Waals surface area contributed by atoms with Crippen molar-refractivity contribution in [1.82, 2.24) is 19.6 Å². The van der Waals surface area contributed by atoms with Gasteiger partial charge < -0.3 is 9.64 Å². The number of para-hydroxylation sites is 1. The second-order valence-electron chi connectivity index (χ2n) is 6.57. The first-order valence-corrected chi connectivity index (χ1v) is 8.82. The Labute approximate surface area is 151 Å². The smallest absolute Gasteiger partial charge is 0.162 e. The molecule has 0 unspecified atom stereocenters. The molecule has 0 saturated carbocycles. The summed E-state index contributed by atoms with van der Waals surface area (Å²) in [6.45, 7) is 5.30. The zero-order valence-electron chi connectivity index (χ0n) is 14.6. The highest BCUT2D eigenvalue weighted by molar-refractivity contribution is 5.97. The summed E-state index contributed by atoms with van der Waals surface area (Å²) >= 11 is 0.